The summed E-state index contributed by atoms with van der Waals surface area (Å²) >= 11 is 0. The summed E-state index contributed by atoms with van der Waals surface area (Å²) in [6.45, 7) is 0. The van der Waals surface area contributed by atoms with Crippen molar-refractivity contribution < 1.29 is 39.2 Å². The molecule has 0 fully saturated rings. The number of aryl methyl sites for hydroxylation is 1. The Morgan fingerprint density at radius 2 is 1.37 bits per heavy atom. The summed E-state index contributed by atoms with van der Waals surface area (Å²) in [5.41, 5.74) is 11.3. The van der Waals surface area contributed by atoms with Crippen LogP contribution in [-0.4, -0.2) is 14.8 Å². The van der Waals surface area contributed by atoms with Crippen molar-refractivity contribution in [3.05, 3.63) is 205 Å². The van der Waals surface area contributed by atoms with Gasteiger partial charge >= 0.3 is 0 Å². The Morgan fingerprint density at radius 3 is 2.18 bits per heavy atom. The predicted octanol–water partition coefficient (Wildman–Crippen LogP) is 10.8. The number of ether oxygens (including phenoxy) is 1. The number of benzene rings is 6. The molecule has 1 aliphatic heterocycles. The van der Waals surface area contributed by atoms with Gasteiger partial charge in [0.2, 0.25) is 6.33 Å². The molecule has 0 spiro atoms. The van der Waals surface area contributed by atoms with Gasteiger partial charge in [-0.05, 0) is 46.3 Å². The molecule has 0 radical (unpaired) electrons. The Labute approximate surface area is 342 Å². The van der Waals surface area contributed by atoms with Crippen LogP contribution in [0.2, 0.25) is 0 Å². The second-order valence-electron chi connectivity index (χ2n) is 13.7. The molecule has 0 unspecified atom stereocenters. The fraction of sp³-hybridized carbons (Fsp3) is 0.0204. The molecule has 1 aliphatic rings. The van der Waals surface area contributed by atoms with Gasteiger partial charge < -0.3 is 27.3 Å². The maximum absolute atomic E-state index is 6.59. The van der Waals surface area contributed by atoms with Crippen LogP contribution in [0.4, 0.5) is 0 Å². The number of rotatable bonds is 6. The number of hydrogen-bond acceptors (Lipinski definition) is 4. The third-order valence-electron chi connectivity index (χ3n) is 10.4. The first-order valence-electron chi connectivity index (χ1n) is 18.3. The van der Waals surface area contributed by atoms with Crippen LogP contribution in [-0.2, 0) is 28.1 Å². The van der Waals surface area contributed by atoms with Crippen molar-refractivity contribution in [2.24, 2.45) is 12.0 Å². The molecule has 0 atom stereocenters. The topological polar surface area (TPSA) is 61.6 Å². The quantitative estimate of drug-likeness (QED) is 0.123. The van der Waals surface area contributed by atoms with Gasteiger partial charge in [0.1, 0.15) is 11.6 Å². The fourth-order valence-electron chi connectivity index (χ4n) is 7.92. The zero-order valence-corrected chi connectivity index (χ0v) is 32.7. The molecule has 0 N–H and O–H groups in total. The number of hydrogen-bond donors (Lipinski definition) is 0. The molecule has 10 aromatic rings. The third kappa shape index (κ3) is 5.70. The van der Waals surface area contributed by atoms with E-state index < -0.39 is 0 Å². The molecule has 276 valence electrons. The van der Waals surface area contributed by atoms with E-state index in [1.54, 1.807) is 18.8 Å². The predicted molar refractivity (Wildman–Crippen MR) is 218 cm³/mol. The minimum Gasteiger partial charge on any atom is -0.510 e. The third-order valence-corrected chi connectivity index (χ3v) is 10.4. The van der Waals surface area contributed by atoms with Crippen LogP contribution in [0.25, 0.3) is 61.0 Å². The molecule has 11 rings (SSSR count). The van der Waals surface area contributed by atoms with E-state index in [4.69, 9.17) is 18.6 Å². The molecule has 4 aromatic heterocycles. The Balaban J connectivity index is 0.00000396. The molecule has 5 heterocycles. The summed E-state index contributed by atoms with van der Waals surface area (Å²) in [6, 6.07) is 56.3. The van der Waals surface area contributed by atoms with Crippen LogP contribution in [0.1, 0.15) is 22.5 Å². The number of imidazole rings is 1. The minimum atomic E-state index is 0. The van der Waals surface area contributed by atoms with E-state index in [1.807, 2.05) is 70.8 Å². The number of fused-ring (bicyclic) bond motifs is 7. The van der Waals surface area contributed by atoms with Crippen molar-refractivity contribution >= 4 is 49.9 Å². The first-order chi connectivity index (χ1) is 27.7. The Kier molecular flexibility index (Phi) is 8.46. The van der Waals surface area contributed by atoms with Crippen molar-refractivity contribution in [2.45, 2.75) is 0 Å². The zero-order valence-electron chi connectivity index (χ0n) is 30.4. The molecule has 7 nitrogen and oxygen atoms in total. The molecule has 0 bridgehead atoms. The van der Waals surface area contributed by atoms with E-state index in [-0.39, 0.29) is 21.1 Å². The molecular formula is C49H30N4O3Pt-2. The van der Waals surface area contributed by atoms with Crippen molar-refractivity contribution in [3.8, 4) is 28.3 Å². The van der Waals surface area contributed by atoms with Crippen molar-refractivity contribution in [1.82, 2.24) is 9.13 Å². The van der Waals surface area contributed by atoms with Crippen molar-refractivity contribution in [2.75, 3.05) is 0 Å². The smallest absolute Gasteiger partial charge is 0.242 e. The van der Waals surface area contributed by atoms with Crippen LogP contribution in [0.3, 0.4) is 0 Å². The maximum Gasteiger partial charge on any atom is 0.242 e. The van der Waals surface area contributed by atoms with E-state index in [0.29, 0.717) is 23.1 Å². The summed E-state index contributed by atoms with van der Waals surface area (Å²) < 4.78 is 24.7. The summed E-state index contributed by atoms with van der Waals surface area (Å²) in [5, 5.41) is 2.07. The number of aliphatic imine (C=N–C) groups is 1. The van der Waals surface area contributed by atoms with E-state index in [2.05, 4.69) is 114 Å². The SMILES string of the molecule is Cn1[c-][n+](-c2[c-]c(Oc3[c-]c4c(cc3)c3ccccc3n4C3=C(\c4ccco4)c4ccccc4-c4ccccc4/C(c4ccoc4)=N\3)ccc2)c2ccccc21.[Pt]. The summed E-state index contributed by atoms with van der Waals surface area (Å²) in [7, 11) is 1.99. The minimum absolute atomic E-state index is 0. The van der Waals surface area contributed by atoms with E-state index in [0.717, 1.165) is 77.6 Å². The molecule has 0 aliphatic carbocycles. The van der Waals surface area contributed by atoms with E-state index >= 15 is 0 Å². The Hall–Kier alpha value is -6.95. The van der Waals surface area contributed by atoms with Gasteiger partial charge in [0.05, 0.1) is 48.2 Å². The maximum atomic E-state index is 6.59. The summed E-state index contributed by atoms with van der Waals surface area (Å²) in [4.78, 5) is 5.65. The van der Waals surface area contributed by atoms with Crippen LogP contribution < -0.4 is 9.30 Å². The van der Waals surface area contributed by atoms with Crippen molar-refractivity contribution in [1.29, 1.82) is 0 Å². The summed E-state index contributed by atoms with van der Waals surface area (Å²) in [5.74, 6) is 2.46. The van der Waals surface area contributed by atoms with Crippen LogP contribution in [0.5, 0.6) is 11.5 Å². The van der Waals surface area contributed by atoms with E-state index in [1.165, 1.54) is 0 Å². The van der Waals surface area contributed by atoms with Gasteiger partial charge in [-0.1, -0.05) is 102 Å². The first kappa shape index (κ1) is 34.5. The standard InChI is InChI=1S/C49H30N4O3.Pt/c1-51-31-52(44-21-9-8-20-43(44)51)33-12-10-13-34(28-33)56-35-23-24-39-38-16-6-7-19-42(38)53(45(39)29-35)49-47(46-22-11-26-55-46)40-17-4-2-14-36(40)37-15-3-5-18-41(37)48(50-49)32-25-27-54-30-32;/h2-27,30H,1H3;/q-2;/b37-36?,47-40?,48-41?,49-47-,50-48-,50-49?;. The van der Waals surface area contributed by atoms with Gasteiger partial charge in [0.15, 0.2) is 0 Å². The van der Waals surface area contributed by atoms with Gasteiger partial charge in [-0.25, -0.2) is 4.99 Å². The van der Waals surface area contributed by atoms with Crippen LogP contribution in [0, 0.1) is 18.5 Å². The van der Waals surface area contributed by atoms with Gasteiger partial charge in [-0.2, -0.15) is 18.2 Å². The Morgan fingerprint density at radius 1 is 0.632 bits per heavy atom. The molecular weight excluding hydrogens is 888 g/mol. The molecule has 8 heteroatoms. The number of para-hydroxylation sites is 3. The largest absolute Gasteiger partial charge is 0.510 e. The second-order valence-corrected chi connectivity index (χ2v) is 13.7. The number of furan rings is 2. The molecule has 6 aromatic carbocycles. The van der Waals surface area contributed by atoms with Crippen LogP contribution in [0.15, 0.2) is 178 Å². The normalized spacial score (nSPS) is 14.7. The van der Waals surface area contributed by atoms with Gasteiger partial charge in [-0.15, -0.1) is 29.7 Å². The average molecular weight is 918 g/mol. The van der Waals surface area contributed by atoms with Crippen LogP contribution >= 0.6 is 0 Å². The van der Waals surface area contributed by atoms with Crippen molar-refractivity contribution in [3.63, 3.8) is 0 Å². The molecule has 0 saturated heterocycles. The zero-order chi connectivity index (χ0) is 37.2. The van der Waals surface area contributed by atoms with Gasteiger partial charge in [-0.3, -0.25) is 0 Å². The number of aromatic nitrogens is 3. The molecule has 0 saturated carbocycles. The van der Waals surface area contributed by atoms with Gasteiger partial charge in [0, 0.05) is 49.2 Å². The molecule has 0 amide bonds. The first-order valence-corrected chi connectivity index (χ1v) is 18.3. The monoisotopic (exact) mass is 917 g/mol. The van der Waals surface area contributed by atoms with Gasteiger partial charge in [0.25, 0.3) is 0 Å². The van der Waals surface area contributed by atoms with E-state index in [9.17, 15) is 0 Å². The fourth-order valence-corrected chi connectivity index (χ4v) is 7.92. The average Bonchev–Trinajstić information content (AvgIpc) is 4.07. The summed E-state index contributed by atoms with van der Waals surface area (Å²) in [6.07, 6.45) is 8.54. The Bertz CT molecular complexity index is 3190. The number of nitrogens with zero attached hydrogens (tertiary/aromatic N) is 4. The second kappa shape index (κ2) is 14.0. The molecule has 57 heavy (non-hydrogen) atoms.